The number of hydrogen-bond donors (Lipinski definition) is 1. The van der Waals surface area contributed by atoms with Crippen LogP contribution < -0.4 is 0 Å². The summed E-state index contributed by atoms with van der Waals surface area (Å²) in [6.07, 6.45) is 0.636. The molecule has 0 saturated carbocycles. The van der Waals surface area contributed by atoms with Gasteiger partial charge in [-0.25, -0.2) is 4.79 Å². The van der Waals surface area contributed by atoms with Gasteiger partial charge >= 0.3 is 5.97 Å². The van der Waals surface area contributed by atoms with Gasteiger partial charge in [0.1, 0.15) is 6.29 Å². The van der Waals surface area contributed by atoms with Gasteiger partial charge in [0.2, 0.25) is 0 Å². The molecule has 0 fully saturated rings. The third-order valence-electron chi connectivity index (χ3n) is 1.70. The molecule has 3 nitrogen and oxygen atoms in total. The molecule has 0 aliphatic rings. The van der Waals surface area contributed by atoms with Crippen LogP contribution in [0.2, 0.25) is 10.0 Å². The van der Waals surface area contributed by atoms with Crippen LogP contribution in [0, 0.1) is 0 Å². The van der Waals surface area contributed by atoms with Crippen LogP contribution in [0.25, 0.3) is 0 Å². The summed E-state index contributed by atoms with van der Waals surface area (Å²) >= 11 is 11.5. The van der Waals surface area contributed by atoms with Crippen LogP contribution in [-0.4, -0.2) is 17.4 Å². The highest BCUT2D eigenvalue weighted by Gasteiger charge is 2.14. The molecular formula is C9H6Cl2O3. The van der Waals surface area contributed by atoms with Gasteiger partial charge in [0.25, 0.3) is 0 Å². The van der Waals surface area contributed by atoms with Gasteiger partial charge in [-0.05, 0) is 17.7 Å². The van der Waals surface area contributed by atoms with Crippen molar-refractivity contribution in [2.24, 2.45) is 0 Å². The van der Waals surface area contributed by atoms with E-state index in [1.165, 1.54) is 12.1 Å². The molecule has 14 heavy (non-hydrogen) atoms. The predicted molar refractivity (Wildman–Crippen MR) is 53.2 cm³/mol. The normalized spacial score (nSPS) is 9.86. The maximum absolute atomic E-state index is 10.7. The van der Waals surface area contributed by atoms with Gasteiger partial charge in [0.05, 0.1) is 10.6 Å². The van der Waals surface area contributed by atoms with E-state index in [9.17, 15) is 9.59 Å². The average molecular weight is 233 g/mol. The number of halogens is 2. The minimum atomic E-state index is -1.14. The average Bonchev–Trinajstić information content (AvgIpc) is 2.11. The first-order valence-corrected chi connectivity index (χ1v) is 4.47. The lowest BCUT2D eigenvalue weighted by atomic mass is 10.1. The van der Waals surface area contributed by atoms with E-state index in [2.05, 4.69) is 0 Å². The Balaban J connectivity index is 3.32. The molecular weight excluding hydrogens is 227 g/mol. The lowest BCUT2D eigenvalue weighted by Gasteiger charge is -2.05. The summed E-state index contributed by atoms with van der Waals surface area (Å²) in [5, 5.41) is 9.06. The van der Waals surface area contributed by atoms with Gasteiger partial charge in [-0.2, -0.15) is 0 Å². The Hall–Kier alpha value is -1.06. The molecule has 0 heterocycles. The molecule has 1 N–H and O–H groups in total. The van der Waals surface area contributed by atoms with Crippen LogP contribution >= 0.6 is 23.2 Å². The quantitative estimate of drug-likeness (QED) is 0.815. The van der Waals surface area contributed by atoms with E-state index in [1.54, 1.807) is 0 Å². The van der Waals surface area contributed by atoms with E-state index in [4.69, 9.17) is 28.3 Å². The van der Waals surface area contributed by atoms with Crippen LogP contribution in [0.3, 0.4) is 0 Å². The summed E-state index contributed by atoms with van der Waals surface area (Å²) in [5.74, 6) is -1.14. The second-order valence-electron chi connectivity index (χ2n) is 2.56. The summed E-state index contributed by atoms with van der Waals surface area (Å²) in [4.78, 5) is 21.0. The molecule has 0 unspecified atom stereocenters. The molecule has 0 aromatic heterocycles. The minimum Gasteiger partial charge on any atom is -0.478 e. The topological polar surface area (TPSA) is 54.4 Å². The molecule has 1 aromatic carbocycles. The largest absolute Gasteiger partial charge is 0.478 e. The van der Waals surface area contributed by atoms with Gasteiger partial charge < -0.3 is 9.90 Å². The number of carboxylic acids is 1. The smallest absolute Gasteiger partial charge is 0.337 e. The van der Waals surface area contributed by atoms with Gasteiger partial charge in [-0.15, -0.1) is 0 Å². The van der Waals surface area contributed by atoms with Gasteiger partial charge in [0.15, 0.2) is 0 Å². The lowest BCUT2D eigenvalue weighted by molar-refractivity contribution is -0.107. The molecule has 0 amide bonds. The van der Waals surface area contributed by atoms with E-state index in [0.717, 1.165) is 0 Å². The highest BCUT2D eigenvalue weighted by Crippen LogP contribution is 2.28. The second-order valence-corrected chi connectivity index (χ2v) is 3.35. The number of carbonyl (C=O) groups excluding carboxylic acids is 1. The number of hydrogen-bond acceptors (Lipinski definition) is 2. The predicted octanol–water partition coefficient (Wildman–Crippen LogP) is 2.43. The third kappa shape index (κ3) is 2.05. The van der Waals surface area contributed by atoms with E-state index in [1.807, 2.05) is 0 Å². The van der Waals surface area contributed by atoms with Gasteiger partial charge in [-0.3, -0.25) is 0 Å². The Labute approximate surface area is 90.3 Å². The van der Waals surface area contributed by atoms with Crippen molar-refractivity contribution < 1.29 is 14.7 Å². The van der Waals surface area contributed by atoms with Crippen LogP contribution in [0.15, 0.2) is 12.1 Å². The molecule has 5 heteroatoms. The Kier molecular flexibility index (Phi) is 3.49. The van der Waals surface area contributed by atoms with E-state index < -0.39 is 5.97 Å². The van der Waals surface area contributed by atoms with Crippen molar-refractivity contribution >= 4 is 35.5 Å². The molecule has 0 radical (unpaired) electrons. The van der Waals surface area contributed by atoms with Crippen molar-refractivity contribution in [3.05, 3.63) is 33.3 Å². The minimum absolute atomic E-state index is 0.0127. The summed E-state index contributed by atoms with van der Waals surface area (Å²) in [5.41, 5.74) is 0.302. The summed E-state index contributed by atoms with van der Waals surface area (Å²) in [6.45, 7) is 0. The van der Waals surface area contributed by atoms with Crippen molar-refractivity contribution in [3.8, 4) is 0 Å². The van der Waals surface area contributed by atoms with Crippen molar-refractivity contribution in [1.29, 1.82) is 0 Å². The van der Waals surface area contributed by atoms with Crippen LogP contribution in [-0.2, 0) is 11.2 Å². The summed E-state index contributed by atoms with van der Waals surface area (Å²) < 4.78 is 0. The second kappa shape index (κ2) is 4.44. The Morgan fingerprint density at radius 1 is 1.43 bits per heavy atom. The molecule has 0 saturated heterocycles. The number of rotatable bonds is 3. The Bertz CT molecular complexity index is 388. The fourth-order valence-electron chi connectivity index (χ4n) is 1.03. The Morgan fingerprint density at radius 3 is 2.57 bits per heavy atom. The van der Waals surface area contributed by atoms with E-state index in [0.29, 0.717) is 16.9 Å². The molecule has 0 aliphatic heterocycles. The van der Waals surface area contributed by atoms with Crippen molar-refractivity contribution in [2.75, 3.05) is 0 Å². The standard InChI is InChI=1S/C9H6Cl2O3/c10-7-2-1-6(9(13)14)8(11)5(7)3-4-12/h1-2,4H,3H2,(H,13,14). The van der Waals surface area contributed by atoms with Crippen LogP contribution in [0.1, 0.15) is 15.9 Å². The van der Waals surface area contributed by atoms with Crippen LogP contribution in [0.4, 0.5) is 0 Å². The fraction of sp³-hybridized carbons (Fsp3) is 0.111. The number of aromatic carboxylic acids is 1. The fourth-order valence-corrected chi connectivity index (χ4v) is 1.64. The van der Waals surface area contributed by atoms with E-state index >= 15 is 0 Å². The molecule has 1 aromatic rings. The monoisotopic (exact) mass is 232 g/mol. The zero-order valence-electron chi connectivity index (χ0n) is 6.96. The number of aldehydes is 1. The highest BCUT2D eigenvalue weighted by molar-refractivity contribution is 6.38. The molecule has 1 rings (SSSR count). The van der Waals surface area contributed by atoms with E-state index in [-0.39, 0.29) is 17.0 Å². The maximum Gasteiger partial charge on any atom is 0.337 e. The number of benzene rings is 1. The molecule has 0 atom stereocenters. The lowest BCUT2D eigenvalue weighted by Crippen LogP contribution is -2.01. The summed E-state index contributed by atoms with van der Waals surface area (Å²) in [7, 11) is 0. The van der Waals surface area contributed by atoms with Crippen molar-refractivity contribution in [1.82, 2.24) is 0 Å². The first-order chi connectivity index (χ1) is 6.57. The molecule has 74 valence electrons. The van der Waals surface area contributed by atoms with Crippen LogP contribution in [0.5, 0.6) is 0 Å². The van der Waals surface area contributed by atoms with Gasteiger partial charge in [0, 0.05) is 11.4 Å². The number of carbonyl (C=O) groups is 2. The number of carboxylic acid groups (broad SMARTS) is 1. The van der Waals surface area contributed by atoms with Gasteiger partial charge in [-0.1, -0.05) is 23.2 Å². The highest BCUT2D eigenvalue weighted by atomic mass is 35.5. The van der Waals surface area contributed by atoms with Crippen molar-refractivity contribution in [3.63, 3.8) is 0 Å². The maximum atomic E-state index is 10.7. The summed E-state index contributed by atoms with van der Waals surface area (Å²) in [6, 6.07) is 2.72. The molecule has 0 spiro atoms. The molecule has 0 aliphatic carbocycles. The first kappa shape index (κ1) is 11.0. The molecule has 0 bridgehead atoms. The zero-order valence-corrected chi connectivity index (χ0v) is 8.47. The Morgan fingerprint density at radius 2 is 2.07 bits per heavy atom. The third-order valence-corrected chi connectivity index (χ3v) is 2.49. The zero-order chi connectivity index (χ0) is 10.7. The first-order valence-electron chi connectivity index (χ1n) is 3.71. The SMILES string of the molecule is O=CCc1c(Cl)ccc(C(=O)O)c1Cl. The van der Waals surface area contributed by atoms with Crippen molar-refractivity contribution in [2.45, 2.75) is 6.42 Å².